The highest BCUT2D eigenvalue weighted by molar-refractivity contribution is 6.36. The summed E-state index contributed by atoms with van der Waals surface area (Å²) in [6, 6.07) is 0. The summed E-state index contributed by atoms with van der Waals surface area (Å²) >= 11 is 5.67. The molecule has 1 aliphatic rings. The summed E-state index contributed by atoms with van der Waals surface area (Å²) in [5, 5.41) is 9.50. The molecule has 15 heavy (non-hydrogen) atoms. The topological polar surface area (TPSA) is 92.0 Å². The molecule has 1 aliphatic heterocycles. The van der Waals surface area contributed by atoms with Crippen LogP contribution in [0.25, 0.3) is 0 Å². The van der Waals surface area contributed by atoms with Crippen molar-refractivity contribution in [2.24, 2.45) is 9.98 Å². The normalized spacial score (nSPS) is 14.3. The van der Waals surface area contributed by atoms with Gasteiger partial charge in [-0.3, -0.25) is 9.59 Å². The van der Waals surface area contributed by atoms with Gasteiger partial charge in [-0.25, -0.2) is 4.98 Å². The predicted molar refractivity (Wildman–Crippen MR) is 48.0 cm³/mol. The van der Waals surface area contributed by atoms with E-state index in [-0.39, 0.29) is 27.3 Å². The van der Waals surface area contributed by atoms with Crippen LogP contribution in [0.1, 0.15) is 5.56 Å². The first-order valence-corrected chi connectivity index (χ1v) is 4.29. The van der Waals surface area contributed by atoms with Crippen molar-refractivity contribution in [2.75, 3.05) is 0 Å². The van der Waals surface area contributed by atoms with Gasteiger partial charge >= 0.3 is 11.8 Å². The standard InChI is InChI=1S/C8H4ClN3O3/c1-2-4(13)3-6(11-5(2)9)12-8(15)7(14)10-3/h13H,1H3. The monoisotopic (exact) mass is 225 g/mol. The average molecular weight is 226 g/mol. The third-order valence-electron chi connectivity index (χ3n) is 1.91. The Morgan fingerprint density at radius 1 is 1.20 bits per heavy atom. The van der Waals surface area contributed by atoms with Gasteiger partial charge in [0.15, 0.2) is 16.6 Å². The van der Waals surface area contributed by atoms with Gasteiger partial charge in [0.1, 0.15) is 5.15 Å². The molecule has 0 aromatic carbocycles. The first-order valence-electron chi connectivity index (χ1n) is 3.91. The van der Waals surface area contributed by atoms with Crippen LogP contribution < -0.4 is 10.8 Å². The molecule has 0 aliphatic carbocycles. The summed E-state index contributed by atoms with van der Waals surface area (Å²) in [6.07, 6.45) is 0. The van der Waals surface area contributed by atoms with Gasteiger partial charge in [0, 0.05) is 5.56 Å². The molecule has 0 bridgehead atoms. The van der Waals surface area contributed by atoms with E-state index < -0.39 is 11.8 Å². The molecule has 2 amide bonds. The first kappa shape index (κ1) is 9.72. The van der Waals surface area contributed by atoms with Crippen LogP contribution in [0, 0.1) is 6.92 Å². The van der Waals surface area contributed by atoms with Crippen molar-refractivity contribution >= 4 is 23.4 Å². The quantitative estimate of drug-likeness (QED) is 0.455. The van der Waals surface area contributed by atoms with Crippen LogP contribution in [0.3, 0.4) is 0 Å². The zero-order valence-electron chi connectivity index (χ0n) is 7.48. The molecule has 2 heterocycles. The molecule has 0 spiro atoms. The zero-order chi connectivity index (χ0) is 11.2. The largest absolute Gasteiger partial charge is 0.505 e. The highest BCUT2D eigenvalue weighted by atomic mass is 35.5. The summed E-state index contributed by atoms with van der Waals surface area (Å²) in [6.45, 7) is 1.52. The van der Waals surface area contributed by atoms with Crippen molar-refractivity contribution in [3.05, 3.63) is 21.6 Å². The summed E-state index contributed by atoms with van der Waals surface area (Å²) in [5.74, 6) is -2.33. The lowest BCUT2D eigenvalue weighted by molar-refractivity contribution is -0.135. The second kappa shape index (κ2) is 3.09. The minimum absolute atomic E-state index is 0.0207. The molecule has 0 saturated carbocycles. The Kier molecular flexibility index (Phi) is 2.01. The van der Waals surface area contributed by atoms with E-state index >= 15 is 0 Å². The Hall–Kier alpha value is -1.82. The van der Waals surface area contributed by atoms with E-state index in [4.69, 9.17) is 11.6 Å². The summed E-state index contributed by atoms with van der Waals surface area (Å²) in [7, 11) is 0. The number of nitrogens with zero attached hydrogens (tertiary/aromatic N) is 3. The maximum atomic E-state index is 10.9. The zero-order valence-corrected chi connectivity index (χ0v) is 8.24. The smallest absolute Gasteiger partial charge is 0.339 e. The molecule has 1 N–H and O–H groups in total. The molecular weight excluding hydrogens is 222 g/mol. The van der Waals surface area contributed by atoms with E-state index in [1.54, 1.807) is 0 Å². The van der Waals surface area contributed by atoms with Gasteiger partial charge in [0.2, 0.25) is 0 Å². The molecule has 1 aromatic rings. The molecule has 2 rings (SSSR count). The lowest BCUT2D eigenvalue weighted by Crippen LogP contribution is -2.37. The molecular formula is C8H4ClN3O3. The van der Waals surface area contributed by atoms with E-state index in [9.17, 15) is 14.7 Å². The van der Waals surface area contributed by atoms with E-state index in [0.29, 0.717) is 0 Å². The van der Waals surface area contributed by atoms with Gasteiger partial charge in [-0.2, -0.15) is 9.98 Å². The highest BCUT2D eigenvalue weighted by Gasteiger charge is 2.19. The molecule has 0 saturated heterocycles. The van der Waals surface area contributed by atoms with E-state index in [0.717, 1.165) is 0 Å². The Morgan fingerprint density at radius 2 is 1.80 bits per heavy atom. The molecule has 76 valence electrons. The van der Waals surface area contributed by atoms with E-state index in [2.05, 4.69) is 15.0 Å². The molecule has 0 atom stereocenters. The predicted octanol–water partition coefficient (Wildman–Crippen LogP) is -0.945. The second-order valence-electron chi connectivity index (χ2n) is 2.88. The lowest BCUT2D eigenvalue weighted by atomic mass is 10.2. The van der Waals surface area contributed by atoms with Crippen LogP contribution in [0.4, 0.5) is 0 Å². The van der Waals surface area contributed by atoms with Crippen LogP contribution in [0.15, 0.2) is 9.98 Å². The molecule has 7 heteroatoms. The number of hydrogen-bond acceptors (Lipinski definition) is 4. The van der Waals surface area contributed by atoms with Crippen LogP contribution in [-0.4, -0.2) is 21.9 Å². The number of pyridine rings is 1. The van der Waals surface area contributed by atoms with Gasteiger partial charge in [0.05, 0.1) is 0 Å². The Bertz CT molecular complexity index is 609. The van der Waals surface area contributed by atoms with Gasteiger partial charge in [-0.15, -0.1) is 0 Å². The van der Waals surface area contributed by atoms with Gasteiger partial charge in [0.25, 0.3) is 0 Å². The number of amides is 2. The number of carbonyl (C=O) groups is 2. The van der Waals surface area contributed by atoms with Gasteiger partial charge in [-0.1, -0.05) is 11.6 Å². The highest BCUT2D eigenvalue weighted by Crippen LogP contribution is 2.16. The number of rotatable bonds is 0. The molecule has 0 radical (unpaired) electrons. The van der Waals surface area contributed by atoms with E-state index in [1.165, 1.54) is 6.92 Å². The van der Waals surface area contributed by atoms with Crippen LogP contribution >= 0.6 is 11.6 Å². The number of aromatic nitrogens is 1. The van der Waals surface area contributed by atoms with E-state index in [1.807, 2.05) is 0 Å². The summed E-state index contributed by atoms with van der Waals surface area (Å²) in [4.78, 5) is 32.3. The molecule has 6 nitrogen and oxygen atoms in total. The first-order chi connectivity index (χ1) is 7.00. The Balaban J connectivity index is 2.97. The number of fused-ring (bicyclic) bond motifs is 1. The molecule has 0 fully saturated rings. The minimum atomic E-state index is -1.03. The average Bonchev–Trinajstić information content (AvgIpc) is 2.19. The molecule has 1 aromatic heterocycles. The van der Waals surface area contributed by atoms with Gasteiger partial charge < -0.3 is 5.11 Å². The minimum Gasteiger partial charge on any atom is -0.505 e. The van der Waals surface area contributed by atoms with Crippen molar-refractivity contribution in [1.29, 1.82) is 0 Å². The molecule has 0 unspecified atom stereocenters. The van der Waals surface area contributed by atoms with Crippen molar-refractivity contribution in [3.8, 4) is 5.75 Å². The second-order valence-corrected chi connectivity index (χ2v) is 3.24. The van der Waals surface area contributed by atoms with Crippen LogP contribution in [0.5, 0.6) is 5.75 Å². The van der Waals surface area contributed by atoms with Crippen LogP contribution in [0.2, 0.25) is 5.15 Å². The fraction of sp³-hybridized carbons (Fsp3) is 0.125. The Labute approximate surface area is 88.0 Å². The van der Waals surface area contributed by atoms with Crippen LogP contribution in [-0.2, 0) is 9.59 Å². The van der Waals surface area contributed by atoms with Gasteiger partial charge in [-0.05, 0) is 6.92 Å². The maximum Gasteiger partial charge on any atom is 0.339 e. The SMILES string of the molecule is Cc1c(Cl)nc2c(c1O)=NC(=O)C(=O)N=2. The fourth-order valence-corrected chi connectivity index (χ4v) is 1.25. The number of halogens is 1. The van der Waals surface area contributed by atoms with Crippen molar-refractivity contribution < 1.29 is 14.7 Å². The summed E-state index contributed by atoms with van der Waals surface area (Å²) < 4.78 is 0. The van der Waals surface area contributed by atoms with Crippen molar-refractivity contribution in [2.45, 2.75) is 6.92 Å². The fourth-order valence-electron chi connectivity index (χ4n) is 1.09. The number of aromatic hydroxyl groups is 1. The number of carbonyl (C=O) groups excluding carboxylic acids is 2. The lowest BCUT2D eigenvalue weighted by Gasteiger charge is -2.03. The third-order valence-corrected chi connectivity index (χ3v) is 2.28. The van der Waals surface area contributed by atoms with Crippen molar-refractivity contribution in [3.63, 3.8) is 0 Å². The summed E-state index contributed by atoms with van der Waals surface area (Å²) in [5.41, 5.74) is 0.157. The third kappa shape index (κ3) is 1.39. The Morgan fingerprint density at radius 3 is 2.47 bits per heavy atom. The maximum absolute atomic E-state index is 10.9. The number of hydrogen-bond donors (Lipinski definition) is 1. The van der Waals surface area contributed by atoms with Crippen molar-refractivity contribution in [1.82, 2.24) is 4.98 Å².